The number of pyridine rings is 6. The number of anilines is 5. The summed E-state index contributed by atoms with van der Waals surface area (Å²) in [5.41, 5.74) is 9.71. The number of halogens is 7. The smallest absolute Gasteiger partial charge is 0.466 e. The summed E-state index contributed by atoms with van der Waals surface area (Å²) in [6, 6.07) is 52.1. The number of nitrogen functional groups attached to an aromatic ring is 1. The highest BCUT2D eigenvalue weighted by molar-refractivity contribution is 9.11. The number of nitrogens with two attached hydrogens (primary N) is 1. The van der Waals surface area contributed by atoms with E-state index < -0.39 is 96.3 Å². The second-order valence-electron chi connectivity index (χ2n) is 31.3. The summed E-state index contributed by atoms with van der Waals surface area (Å²) in [5, 5.41) is 89.2. The summed E-state index contributed by atoms with van der Waals surface area (Å²) in [5.74, 6) is -0.701. The highest BCUT2D eigenvalue weighted by Gasteiger charge is 2.28. The van der Waals surface area contributed by atoms with Crippen LogP contribution in [0.1, 0.15) is 83.6 Å². The number of benzene rings is 8. The molecule has 40 nitrogen and oxygen atoms in total. The van der Waals surface area contributed by atoms with Crippen molar-refractivity contribution >= 4 is 238 Å². The Morgan fingerprint density at radius 2 is 0.823 bits per heavy atom. The van der Waals surface area contributed by atoms with Crippen molar-refractivity contribution in [2.45, 2.75) is 100 Å². The topological polar surface area (TPSA) is 568 Å². The zero-order chi connectivity index (χ0) is 103. The zero-order valence-electron chi connectivity index (χ0n) is 75.9. The number of fused-ring (bicyclic) bond motifs is 5. The molecule has 1 aliphatic heterocycles. The number of carbonyl (C=O) groups is 5. The number of H-pyrrole nitrogens is 1. The molecule has 6 aromatic heterocycles. The lowest BCUT2D eigenvalue weighted by Crippen LogP contribution is -2.31. The maximum absolute atomic E-state index is 12.2. The largest absolute Gasteiger partial charge is 0.489 e. The summed E-state index contributed by atoms with van der Waals surface area (Å²) in [7, 11) is -0.381. The second kappa shape index (κ2) is 52.3. The number of esters is 1. The van der Waals surface area contributed by atoms with Crippen molar-refractivity contribution in [3.8, 4) is 45.1 Å². The van der Waals surface area contributed by atoms with E-state index >= 15 is 0 Å². The van der Waals surface area contributed by atoms with Gasteiger partial charge < -0.3 is 54.5 Å². The Morgan fingerprint density at radius 1 is 0.475 bits per heavy atom. The number of methoxy groups -OCH3 is 1. The molecule has 0 aliphatic carbocycles. The molecule has 0 saturated carbocycles. The van der Waals surface area contributed by atoms with Crippen LogP contribution >= 0.6 is 95.0 Å². The van der Waals surface area contributed by atoms with Crippen LogP contribution in [0, 0.1) is 50.6 Å². The lowest BCUT2D eigenvalue weighted by Gasteiger charge is -2.20. The highest BCUT2D eigenvalue weighted by atomic mass is 79.9. The maximum atomic E-state index is 12.2. The summed E-state index contributed by atoms with van der Waals surface area (Å²) >= 11 is 25.7. The Bertz CT molecular complexity index is 6980. The Kier molecular flexibility index (Phi) is 42.6. The van der Waals surface area contributed by atoms with Crippen molar-refractivity contribution in [2.75, 3.05) is 47.3 Å². The van der Waals surface area contributed by atoms with Gasteiger partial charge in [0.1, 0.15) is 22.5 Å². The number of nitro groups is 5. The van der Waals surface area contributed by atoms with Crippen LogP contribution < -0.4 is 47.5 Å². The van der Waals surface area contributed by atoms with E-state index in [1.165, 1.54) is 62.4 Å². The predicted octanol–water partition coefficient (Wildman–Crippen LogP) is 23.1. The van der Waals surface area contributed by atoms with Crippen LogP contribution in [0.2, 0.25) is 15.5 Å². The number of ether oxygens (including phenoxy) is 6. The SMILES string of the molecule is C.CC.CC(C)(C)OC(=O)Nc1ccc(-c2cnc(Cl)c([N+](=O)[O-])c2)c2ccccc12.CC(C)(C)OC(=O)Nc1ccc(B(O)O)c2ccccc12.COC(=O)COc1ncc(-c2ccc(NC(=O)OC(C)(C)C)c3ccccc23)cc1[N+](=O)[O-].Cl.Nc1ccc(-c2cnc3c(c2)NC(=O)CO3)c2ccccc12.O=[N+]([O-])c1cc(Br)cnc1Cl.O=[N+]([O-])c1cc(Br)cnc1Cl.O=c1[nH]cc(Br)cc1[N+](=O)[O-]. The van der Waals surface area contributed by atoms with Gasteiger partial charge in [-0.05, 0) is 184 Å². The highest BCUT2D eigenvalue weighted by Crippen LogP contribution is 2.41. The van der Waals surface area contributed by atoms with E-state index in [1.807, 2.05) is 111 Å². The van der Waals surface area contributed by atoms with Gasteiger partial charge in [-0.1, -0.05) is 177 Å². The Morgan fingerprint density at radius 3 is 1.23 bits per heavy atom. The van der Waals surface area contributed by atoms with E-state index in [9.17, 15) is 89.4 Å². The monoisotopic (exact) mass is 2200 g/mol. The van der Waals surface area contributed by atoms with Gasteiger partial charge in [0.25, 0.3) is 11.8 Å². The fraction of sp³-hybridized carbons (Fsp3) is 0.194. The van der Waals surface area contributed by atoms with Crippen molar-refractivity contribution in [1.82, 2.24) is 29.9 Å². The van der Waals surface area contributed by atoms with E-state index in [0.717, 1.165) is 60.8 Å². The van der Waals surface area contributed by atoms with Crippen molar-refractivity contribution in [1.29, 1.82) is 0 Å². The first-order chi connectivity index (χ1) is 65.6. The molecule has 0 radical (unpaired) electrons. The van der Waals surface area contributed by atoms with Gasteiger partial charge in [-0.2, -0.15) is 0 Å². The molecule has 0 atom stereocenters. The summed E-state index contributed by atoms with van der Waals surface area (Å²) in [6.07, 6.45) is 7.08. The minimum absolute atomic E-state index is 0. The van der Waals surface area contributed by atoms with Crippen molar-refractivity contribution in [2.24, 2.45) is 0 Å². The number of aromatic nitrogens is 6. The molecule has 7 heterocycles. The number of nitrogens with zero attached hydrogens (tertiary/aromatic N) is 10. The van der Waals surface area contributed by atoms with Crippen LogP contribution in [0.15, 0.2) is 237 Å². The lowest BCUT2D eigenvalue weighted by atomic mass is 9.77. The van der Waals surface area contributed by atoms with Crippen molar-refractivity contribution in [3.05, 3.63) is 309 Å². The normalized spacial score (nSPS) is 10.9. The lowest BCUT2D eigenvalue weighted by molar-refractivity contribution is -0.386. The molecule has 738 valence electrons. The number of nitrogens with one attached hydrogen (secondary N) is 5. The first-order valence-electron chi connectivity index (χ1n) is 40.8. The first-order valence-corrected chi connectivity index (χ1v) is 44.3. The van der Waals surface area contributed by atoms with Crippen LogP contribution in [0.4, 0.5) is 71.3 Å². The molecule has 4 amide bonds. The molecule has 0 saturated heterocycles. The summed E-state index contributed by atoms with van der Waals surface area (Å²) < 4.78 is 32.3. The molecular weight excluding hydrogens is 2120 g/mol. The standard InChI is InChI=1S/C23H23N3O7.C20H18ClN3O4.C17H13N3O2.C15H18BNO4.2C5H2BrClN2O2.C5H3BrN2O3.C2H6.CH4.ClH/c1-23(2,3)33-22(28)25-18-10-9-15(16-7-5-6-8-17(16)18)14-11-19(26(29)30)21(24-12-14)32-13-20(27)31-4;1-20(2,3)28-19(25)23-16-9-8-13(14-6-4-5-7-15(14)16)12-10-17(24(26)27)18(21)22-11-12;18-14-6-5-11(12-3-1-2-4-13(12)14)10-7-15-17(19-8-10)22-9-16(21)20-15;1-15(2,3)21-14(18)17-13-9-8-12(16(19)20)10-6-4-5-7-11(10)13;2*6-3-1-4(9(10)11)5(7)8-2-3;6-3-1-4(8(10)11)5(9)7-2-3;1-2;;/h5-12H,13H2,1-4H3,(H,25,28);4-11H,1-3H3,(H,23,25);1-8H,9,18H2,(H,20,21);4-9,19-20H,1-3H3,(H,17,18);2*1-2H;1-2H,(H,7,9);1-2H3;1H4;1H. The molecule has 141 heavy (non-hydrogen) atoms. The minimum Gasteiger partial charge on any atom is -0.466 e. The Labute approximate surface area is 850 Å². The molecule has 0 fully saturated rings. The average Bonchev–Trinajstić information content (AvgIpc) is 0.749. The van der Waals surface area contributed by atoms with Gasteiger partial charge in [0, 0.05) is 125 Å². The summed E-state index contributed by atoms with van der Waals surface area (Å²) in [6.45, 7) is 19.5. The third kappa shape index (κ3) is 33.5. The number of hydrogen-bond donors (Lipinski definition) is 8. The molecule has 0 spiro atoms. The molecule has 15 rings (SSSR count). The Hall–Kier alpha value is -14.8. The predicted molar refractivity (Wildman–Crippen MR) is 553 cm³/mol. The second-order valence-corrected chi connectivity index (χ2v) is 35.1. The van der Waals surface area contributed by atoms with Crippen molar-refractivity contribution in [3.63, 3.8) is 0 Å². The molecule has 0 unspecified atom stereocenters. The van der Waals surface area contributed by atoms with Gasteiger partial charge in [-0.25, -0.2) is 44.1 Å². The van der Waals surface area contributed by atoms with E-state index in [2.05, 4.69) is 104 Å². The van der Waals surface area contributed by atoms with Crippen LogP contribution in [0.25, 0.3) is 76.5 Å². The van der Waals surface area contributed by atoms with Crippen molar-refractivity contribution < 1.29 is 87.1 Å². The number of aromatic amines is 1. The van der Waals surface area contributed by atoms with Crippen LogP contribution in [-0.2, 0) is 28.5 Å². The summed E-state index contributed by atoms with van der Waals surface area (Å²) in [4.78, 5) is 142. The van der Waals surface area contributed by atoms with Gasteiger partial charge in [0.05, 0.1) is 48.8 Å². The molecule has 48 heteroatoms. The molecule has 8 aromatic carbocycles. The van der Waals surface area contributed by atoms with Gasteiger partial charge in [-0.3, -0.25) is 76.1 Å². The molecular formula is C93H90BBr3Cl4N16O24. The average molecular weight is 2210 g/mol. The first kappa shape index (κ1) is 115. The number of carbonyl (C=O) groups excluding carboxylic acids is 5. The quantitative estimate of drug-likeness (QED) is 0.00898. The van der Waals surface area contributed by atoms with E-state index in [4.69, 9.17) is 64.2 Å². The van der Waals surface area contributed by atoms with Gasteiger partial charge >= 0.3 is 65.4 Å². The fourth-order valence-electron chi connectivity index (χ4n) is 12.3. The fourth-order valence-corrected chi connectivity index (χ4v) is 13.8. The van der Waals surface area contributed by atoms with Gasteiger partial charge in [-0.15, -0.1) is 12.4 Å². The van der Waals surface area contributed by atoms with Crippen LogP contribution in [0.3, 0.4) is 0 Å². The number of rotatable bonds is 15. The maximum Gasteiger partial charge on any atom is 0.489 e. The Balaban J connectivity index is 0.000000259. The van der Waals surface area contributed by atoms with E-state index in [0.29, 0.717) is 75.0 Å². The van der Waals surface area contributed by atoms with E-state index in [-0.39, 0.29) is 70.7 Å². The number of hydrogen-bond acceptors (Lipinski definition) is 30. The number of amides is 4. The molecule has 9 N–H and O–H groups in total. The van der Waals surface area contributed by atoms with Gasteiger partial charge in [0.2, 0.25) is 21.3 Å². The zero-order valence-corrected chi connectivity index (χ0v) is 83.7. The minimum atomic E-state index is -1.56. The van der Waals surface area contributed by atoms with Crippen LogP contribution in [-0.4, -0.2) is 139 Å². The molecule has 14 aromatic rings. The van der Waals surface area contributed by atoms with E-state index in [1.54, 1.807) is 123 Å². The molecule has 1 aliphatic rings. The third-order valence-corrected chi connectivity index (χ3v) is 20.2. The molecule has 0 bridgehead atoms. The third-order valence-electron chi connectivity index (χ3n) is 18.0. The van der Waals surface area contributed by atoms with Crippen LogP contribution in [0.5, 0.6) is 11.8 Å². The van der Waals surface area contributed by atoms with Gasteiger partial charge in [0.15, 0.2) is 13.2 Å².